The van der Waals surface area contributed by atoms with Crippen molar-refractivity contribution in [2.24, 2.45) is 0 Å². The van der Waals surface area contributed by atoms with E-state index in [9.17, 15) is 14.9 Å². The van der Waals surface area contributed by atoms with Crippen molar-refractivity contribution < 1.29 is 14.5 Å². The molecule has 3 rings (SSSR count). The highest BCUT2D eigenvalue weighted by Gasteiger charge is 2.39. The summed E-state index contributed by atoms with van der Waals surface area (Å²) in [6.45, 7) is 12.4. The minimum atomic E-state index is -0.589. The molecule has 158 valence electrons. The molecule has 9 nitrogen and oxygen atoms in total. The van der Waals surface area contributed by atoms with Gasteiger partial charge in [-0.2, -0.15) is 5.10 Å². The van der Waals surface area contributed by atoms with Gasteiger partial charge in [0.05, 0.1) is 21.4 Å². The SMILES string of the molecule is CC(C)n1cc2c(N3CC[C@@](C)(NC(=O)OC(C)(C)C)C3)c([N+](=O)[O-])ccc2n1. The number of hydrogen-bond donors (Lipinski definition) is 1. The number of rotatable bonds is 4. The number of nitrogens with zero attached hydrogens (tertiary/aromatic N) is 4. The molecule has 1 aliphatic heterocycles. The van der Waals surface area contributed by atoms with E-state index in [0.29, 0.717) is 30.7 Å². The third kappa shape index (κ3) is 4.44. The first kappa shape index (κ1) is 20.9. The van der Waals surface area contributed by atoms with Crippen molar-refractivity contribution in [1.82, 2.24) is 15.1 Å². The Labute approximate surface area is 170 Å². The van der Waals surface area contributed by atoms with Crippen LogP contribution in [0.2, 0.25) is 0 Å². The number of nitro groups is 1. The topological polar surface area (TPSA) is 103 Å². The van der Waals surface area contributed by atoms with Crippen LogP contribution in [-0.2, 0) is 4.74 Å². The normalized spacial score (nSPS) is 19.8. The molecule has 0 unspecified atom stereocenters. The molecule has 2 aromatic rings. The number of benzene rings is 1. The molecule has 29 heavy (non-hydrogen) atoms. The van der Waals surface area contributed by atoms with Crippen LogP contribution in [0.5, 0.6) is 0 Å². The average molecular weight is 403 g/mol. The fourth-order valence-electron chi connectivity index (χ4n) is 3.63. The highest BCUT2D eigenvalue weighted by molar-refractivity contribution is 5.97. The van der Waals surface area contributed by atoms with Gasteiger partial charge in [-0.25, -0.2) is 4.79 Å². The lowest BCUT2D eigenvalue weighted by molar-refractivity contribution is -0.384. The lowest BCUT2D eigenvalue weighted by Gasteiger charge is -2.29. The summed E-state index contributed by atoms with van der Waals surface area (Å²) in [7, 11) is 0. The van der Waals surface area contributed by atoms with Crippen LogP contribution in [0, 0.1) is 10.1 Å². The van der Waals surface area contributed by atoms with Gasteiger partial charge in [0.1, 0.15) is 11.3 Å². The van der Waals surface area contributed by atoms with E-state index < -0.39 is 17.2 Å². The van der Waals surface area contributed by atoms with E-state index in [1.54, 1.807) is 6.07 Å². The lowest BCUT2D eigenvalue weighted by Crippen LogP contribution is -2.49. The standard InChI is InChI=1S/C20H29N5O4/c1-13(2)24-11-14-15(22-24)7-8-16(25(27)28)17(14)23-10-9-20(6,12-23)21-18(26)29-19(3,4)5/h7-8,11,13H,9-10,12H2,1-6H3,(H,21,26)/t20-/m1/s1. The van der Waals surface area contributed by atoms with Crippen molar-refractivity contribution in [2.75, 3.05) is 18.0 Å². The van der Waals surface area contributed by atoms with Crippen molar-refractivity contribution in [1.29, 1.82) is 0 Å². The quantitative estimate of drug-likeness (QED) is 0.611. The van der Waals surface area contributed by atoms with Gasteiger partial charge in [0.15, 0.2) is 0 Å². The molecule has 1 atom stereocenters. The van der Waals surface area contributed by atoms with Crippen LogP contribution in [0.4, 0.5) is 16.2 Å². The smallest absolute Gasteiger partial charge is 0.408 e. The van der Waals surface area contributed by atoms with Gasteiger partial charge in [-0.3, -0.25) is 14.8 Å². The Hall–Kier alpha value is -2.84. The van der Waals surface area contributed by atoms with Gasteiger partial charge in [0, 0.05) is 31.4 Å². The van der Waals surface area contributed by atoms with E-state index in [-0.39, 0.29) is 16.7 Å². The fraction of sp³-hybridized carbons (Fsp3) is 0.600. The van der Waals surface area contributed by atoms with Crippen LogP contribution in [0.3, 0.4) is 0 Å². The second-order valence-electron chi connectivity index (χ2n) is 9.19. The molecule has 1 aromatic heterocycles. The summed E-state index contributed by atoms with van der Waals surface area (Å²) in [4.78, 5) is 25.6. The molecule has 1 aromatic carbocycles. The minimum absolute atomic E-state index is 0.0438. The maximum absolute atomic E-state index is 12.3. The number of anilines is 1. The second kappa shape index (κ2) is 7.20. The first-order valence-corrected chi connectivity index (χ1v) is 9.81. The number of ether oxygens (including phenoxy) is 1. The number of carbonyl (C=O) groups is 1. The van der Waals surface area contributed by atoms with E-state index >= 15 is 0 Å². The maximum atomic E-state index is 12.3. The number of hydrogen-bond acceptors (Lipinski definition) is 6. The van der Waals surface area contributed by atoms with Gasteiger partial charge in [-0.05, 0) is 54.0 Å². The Morgan fingerprint density at radius 1 is 1.38 bits per heavy atom. The number of fused-ring (bicyclic) bond motifs is 1. The van der Waals surface area contributed by atoms with Crippen LogP contribution in [0.1, 0.15) is 54.0 Å². The number of nitrogens with one attached hydrogen (secondary N) is 1. The Morgan fingerprint density at radius 3 is 2.66 bits per heavy atom. The zero-order valence-corrected chi connectivity index (χ0v) is 17.9. The molecule has 1 amide bonds. The molecule has 0 saturated carbocycles. The molecule has 1 N–H and O–H groups in total. The summed E-state index contributed by atoms with van der Waals surface area (Å²) in [6.07, 6.45) is 2.03. The highest BCUT2D eigenvalue weighted by atomic mass is 16.6. The van der Waals surface area contributed by atoms with Crippen molar-refractivity contribution in [2.45, 2.75) is 65.1 Å². The fourth-order valence-corrected chi connectivity index (χ4v) is 3.63. The molecule has 0 aliphatic carbocycles. The lowest BCUT2D eigenvalue weighted by atomic mass is 10.0. The third-order valence-corrected chi connectivity index (χ3v) is 4.98. The van der Waals surface area contributed by atoms with Crippen LogP contribution >= 0.6 is 0 Å². The van der Waals surface area contributed by atoms with E-state index in [0.717, 1.165) is 5.39 Å². The Balaban J connectivity index is 1.93. The van der Waals surface area contributed by atoms with E-state index in [1.807, 2.05) is 57.3 Å². The molecule has 0 radical (unpaired) electrons. The maximum Gasteiger partial charge on any atom is 0.408 e. The summed E-state index contributed by atoms with van der Waals surface area (Å²) in [5, 5.41) is 20.0. The van der Waals surface area contributed by atoms with Gasteiger partial charge < -0.3 is 15.0 Å². The number of nitro benzene ring substituents is 1. The van der Waals surface area contributed by atoms with Crippen molar-refractivity contribution in [3.05, 3.63) is 28.4 Å². The monoisotopic (exact) mass is 403 g/mol. The highest BCUT2D eigenvalue weighted by Crippen LogP contribution is 2.39. The summed E-state index contributed by atoms with van der Waals surface area (Å²) < 4.78 is 7.19. The van der Waals surface area contributed by atoms with E-state index in [4.69, 9.17) is 4.74 Å². The summed E-state index contributed by atoms with van der Waals surface area (Å²) in [6, 6.07) is 3.34. The molecule has 2 heterocycles. The Kier molecular flexibility index (Phi) is 5.19. The zero-order chi connectivity index (χ0) is 21.6. The van der Waals surface area contributed by atoms with Gasteiger partial charge in [0.2, 0.25) is 0 Å². The minimum Gasteiger partial charge on any atom is -0.444 e. The molecular formula is C20H29N5O4. The van der Waals surface area contributed by atoms with Crippen molar-refractivity contribution >= 4 is 28.4 Å². The Morgan fingerprint density at radius 2 is 2.07 bits per heavy atom. The van der Waals surface area contributed by atoms with Crippen molar-refractivity contribution in [3.8, 4) is 0 Å². The van der Waals surface area contributed by atoms with Crippen LogP contribution in [0.15, 0.2) is 18.3 Å². The van der Waals surface area contributed by atoms with E-state index in [2.05, 4.69) is 10.4 Å². The first-order chi connectivity index (χ1) is 13.4. The summed E-state index contributed by atoms with van der Waals surface area (Å²) in [5.74, 6) is 0. The van der Waals surface area contributed by atoms with Crippen molar-refractivity contribution in [3.63, 3.8) is 0 Å². The van der Waals surface area contributed by atoms with Crippen LogP contribution in [0.25, 0.3) is 10.9 Å². The largest absolute Gasteiger partial charge is 0.444 e. The number of aromatic nitrogens is 2. The second-order valence-corrected chi connectivity index (χ2v) is 9.19. The predicted octanol–water partition coefficient (Wildman–Crippen LogP) is 4.02. The van der Waals surface area contributed by atoms with Gasteiger partial charge in [0.25, 0.3) is 5.69 Å². The Bertz CT molecular complexity index is 946. The molecule has 9 heteroatoms. The number of carbonyl (C=O) groups excluding carboxylic acids is 1. The number of alkyl carbamates (subject to hydrolysis) is 1. The number of amides is 1. The molecule has 0 bridgehead atoms. The van der Waals surface area contributed by atoms with Crippen LogP contribution in [-0.4, -0.2) is 45.0 Å². The molecule has 1 saturated heterocycles. The zero-order valence-electron chi connectivity index (χ0n) is 17.9. The summed E-state index contributed by atoms with van der Waals surface area (Å²) in [5.41, 5.74) is 0.172. The first-order valence-electron chi connectivity index (χ1n) is 9.81. The predicted molar refractivity (Wildman–Crippen MR) is 111 cm³/mol. The summed E-state index contributed by atoms with van der Waals surface area (Å²) >= 11 is 0. The van der Waals surface area contributed by atoms with Crippen LogP contribution < -0.4 is 10.2 Å². The van der Waals surface area contributed by atoms with Gasteiger partial charge in [-0.1, -0.05) is 0 Å². The molecule has 1 fully saturated rings. The third-order valence-electron chi connectivity index (χ3n) is 4.98. The van der Waals surface area contributed by atoms with E-state index in [1.165, 1.54) is 6.07 Å². The molecular weight excluding hydrogens is 374 g/mol. The van der Waals surface area contributed by atoms with Gasteiger partial charge >= 0.3 is 6.09 Å². The average Bonchev–Trinajstić information content (AvgIpc) is 3.15. The van der Waals surface area contributed by atoms with Gasteiger partial charge in [-0.15, -0.1) is 0 Å². The molecule has 1 aliphatic rings. The molecule has 0 spiro atoms.